The van der Waals surface area contributed by atoms with Gasteiger partial charge in [-0.05, 0) is 72.8 Å². The van der Waals surface area contributed by atoms with Gasteiger partial charge in [-0.2, -0.15) is 0 Å². The molecule has 0 unspecified atom stereocenters. The summed E-state index contributed by atoms with van der Waals surface area (Å²) in [4.78, 5) is 50.9. The lowest BCUT2D eigenvalue weighted by molar-refractivity contribution is -0.123. The van der Waals surface area contributed by atoms with Gasteiger partial charge in [-0.3, -0.25) is 4.79 Å². The maximum atomic E-state index is 12.7. The second-order valence-electron chi connectivity index (χ2n) is 11.5. The number of hydrogen-bond acceptors (Lipinski definition) is 8. The number of carbonyl (C=O) groups is 4. The van der Waals surface area contributed by atoms with Crippen molar-refractivity contribution in [2.75, 3.05) is 32.8 Å². The van der Waals surface area contributed by atoms with E-state index in [1.807, 2.05) is 30.3 Å². The number of unbranched alkanes of at least 4 members (excludes halogenated alkanes) is 1. The van der Waals surface area contributed by atoms with Gasteiger partial charge < -0.3 is 40.2 Å². The third-order valence-corrected chi connectivity index (χ3v) is 5.32. The zero-order valence-corrected chi connectivity index (χ0v) is 25.3. The molecule has 0 aromatic heterocycles. The fourth-order valence-corrected chi connectivity index (χ4v) is 3.46. The fraction of sp³-hybridized carbons (Fsp3) is 0.655. The van der Waals surface area contributed by atoms with Crippen molar-refractivity contribution in [1.29, 1.82) is 0 Å². The number of rotatable bonds is 15. The van der Waals surface area contributed by atoms with Crippen molar-refractivity contribution in [3.05, 3.63) is 35.9 Å². The van der Waals surface area contributed by atoms with Gasteiger partial charge in [0, 0.05) is 32.8 Å². The third kappa shape index (κ3) is 17.7. The third-order valence-electron chi connectivity index (χ3n) is 5.32. The topological polar surface area (TPSA) is 156 Å². The Morgan fingerprint density at radius 1 is 0.829 bits per heavy atom. The molecule has 0 spiro atoms. The van der Waals surface area contributed by atoms with Crippen LogP contribution in [0.25, 0.3) is 0 Å². The number of nitrogens with one attached hydrogen (secondary N) is 3. The Morgan fingerprint density at radius 3 is 2.05 bits per heavy atom. The van der Waals surface area contributed by atoms with Gasteiger partial charge in [0.05, 0.1) is 0 Å². The molecule has 0 radical (unpaired) electrons. The monoisotopic (exact) mass is 580 g/mol. The van der Waals surface area contributed by atoms with Crippen LogP contribution >= 0.6 is 0 Å². The zero-order chi connectivity index (χ0) is 30.9. The summed E-state index contributed by atoms with van der Waals surface area (Å²) in [6, 6.07) is 8.20. The van der Waals surface area contributed by atoms with E-state index < -0.39 is 41.4 Å². The number of benzene rings is 1. The molecule has 0 saturated carbocycles. The molecule has 0 aliphatic rings. The molecule has 0 aliphatic heterocycles. The summed E-state index contributed by atoms with van der Waals surface area (Å²) in [6.45, 7) is 11.9. The van der Waals surface area contributed by atoms with Gasteiger partial charge in [-0.15, -0.1) is 0 Å². The van der Waals surface area contributed by atoms with E-state index in [0.29, 0.717) is 45.4 Å². The van der Waals surface area contributed by atoms with Crippen LogP contribution in [0.2, 0.25) is 0 Å². The molecule has 0 saturated heterocycles. The Bertz CT molecular complexity index is 944. The van der Waals surface area contributed by atoms with Crippen molar-refractivity contribution in [1.82, 2.24) is 20.9 Å². The van der Waals surface area contributed by atoms with E-state index in [0.717, 1.165) is 5.56 Å². The number of nitrogens with zero attached hydrogens (tertiary/aromatic N) is 1. The van der Waals surface area contributed by atoms with Crippen LogP contribution < -0.4 is 16.0 Å². The predicted molar refractivity (Wildman–Crippen MR) is 154 cm³/mol. The van der Waals surface area contributed by atoms with Gasteiger partial charge in [0.15, 0.2) is 0 Å². The Morgan fingerprint density at radius 2 is 1.44 bits per heavy atom. The molecule has 0 aliphatic carbocycles. The molecule has 12 heteroatoms. The minimum atomic E-state index is -0.945. The molecule has 1 aromatic rings. The lowest BCUT2D eigenvalue weighted by Crippen LogP contribution is -2.47. The van der Waals surface area contributed by atoms with Gasteiger partial charge >= 0.3 is 18.3 Å². The molecule has 41 heavy (non-hydrogen) atoms. The average Bonchev–Trinajstić information content (AvgIpc) is 2.86. The second kappa shape index (κ2) is 18.0. The lowest BCUT2D eigenvalue weighted by Gasteiger charge is -2.27. The van der Waals surface area contributed by atoms with Crippen LogP contribution in [0, 0.1) is 0 Å². The first-order valence-electron chi connectivity index (χ1n) is 14.0. The summed E-state index contributed by atoms with van der Waals surface area (Å²) < 4.78 is 15.9. The van der Waals surface area contributed by atoms with Crippen molar-refractivity contribution < 1.29 is 38.5 Å². The van der Waals surface area contributed by atoms with Gasteiger partial charge in [-0.25, -0.2) is 14.4 Å². The van der Waals surface area contributed by atoms with Crippen molar-refractivity contribution in [3.8, 4) is 0 Å². The van der Waals surface area contributed by atoms with Crippen molar-refractivity contribution >= 4 is 24.2 Å². The van der Waals surface area contributed by atoms with Crippen molar-refractivity contribution in [2.24, 2.45) is 0 Å². The van der Waals surface area contributed by atoms with Crippen LogP contribution in [-0.2, 0) is 25.6 Å². The van der Waals surface area contributed by atoms with Crippen LogP contribution in [-0.4, -0.2) is 84.2 Å². The van der Waals surface area contributed by atoms with Crippen molar-refractivity contribution in [2.45, 2.75) is 91.1 Å². The molecule has 4 amide bonds. The fourth-order valence-electron chi connectivity index (χ4n) is 3.46. The highest BCUT2D eigenvalue weighted by molar-refractivity contribution is 5.85. The van der Waals surface area contributed by atoms with E-state index in [1.165, 1.54) is 0 Å². The summed E-state index contributed by atoms with van der Waals surface area (Å²) in [5, 5.41) is 17.2. The quantitative estimate of drug-likeness (QED) is 0.181. The Labute approximate surface area is 243 Å². The van der Waals surface area contributed by atoms with Crippen LogP contribution in [0.15, 0.2) is 30.3 Å². The number of ether oxygens (including phenoxy) is 3. The largest absolute Gasteiger partial charge is 0.445 e. The molecule has 0 heterocycles. The highest BCUT2D eigenvalue weighted by Crippen LogP contribution is 2.11. The molecule has 0 fully saturated rings. The van der Waals surface area contributed by atoms with E-state index in [9.17, 15) is 24.3 Å². The number of hydrogen-bond donors (Lipinski definition) is 4. The molecule has 0 bridgehead atoms. The van der Waals surface area contributed by atoms with Gasteiger partial charge in [-0.1, -0.05) is 30.3 Å². The van der Waals surface area contributed by atoms with E-state index in [-0.39, 0.29) is 19.6 Å². The van der Waals surface area contributed by atoms with Gasteiger partial charge in [0.2, 0.25) is 5.91 Å². The van der Waals surface area contributed by atoms with Gasteiger partial charge in [0.1, 0.15) is 23.9 Å². The minimum Gasteiger partial charge on any atom is -0.445 e. The summed E-state index contributed by atoms with van der Waals surface area (Å²) in [7, 11) is 0. The van der Waals surface area contributed by atoms with E-state index >= 15 is 0 Å². The lowest BCUT2D eigenvalue weighted by atomic mass is 10.2. The molecule has 1 atom stereocenters. The molecule has 232 valence electrons. The number of alkyl carbamates (subject to hydrolysis) is 2. The summed E-state index contributed by atoms with van der Waals surface area (Å²) in [5.74, 6) is -0.437. The standard InChI is InChI=1S/C29H48N4O8/c1-28(2,3)40-25(36)31-17-12-19-33(27(38)41-29(4,5)6)18-11-10-16-30-24(35)23(15-20-34)32-26(37)39-21-22-13-8-7-9-14-22/h7-9,13-14,23,34H,10-12,15-21H2,1-6H3,(H,30,35)(H,31,36)(H,32,37)/t23-/m0/s1. The average molecular weight is 581 g/mol. The molecular formula is C29H48N4O8. The van der Waals surface area contributed by atoms with E-state index in [1.54, 1.807) is 46.4 Å². The molecule has 4 N–H and O–H groups in total. The first kappa shape index (κ1) is 35.5. The van der Waals surface area contributed by atoms with Crippen LogP contribution in [0.3, 0.4) is 0 Å². The highest BCUT2D eigenvalue weighted by Gasteiger charge is 2.23. The normalized spacial score (nSPS) is 12.1. The molecule has 12 nitrogen and oxygen atoms in total. The summed E-state index contributed by atoms with van der Waals surface area (Å²) >= 11 is 0. The number of aliphatic hydroxyl groups is 1. The zero-order valence-electron chi connectivity index (χ0n) is 25.3. The summed E-state index contributed by atoms with van der Waals surface area (Å²) in [6.07, 6.45) is -0.0471. The Kier molecular flexibility index (Phi) is 15.6. The van der Waals surface area contributed by atoms with E-state index in [4.69, 9.17) is 14.2 Å². The van der Waals surface area contributed by atoms with Crippen LogP contribution in [0.4, 0.5) is 14.4 Å². The maximum Gasteiger partial charge on any atom is 0.410 e. The van der Waals surface area contributed by atoms with Gasteiger partial charge in [0.25, 0.3) is 0 Å². The number of carbonyl (C=O) groups excluding carboxylic acids is 4. The predicted octanol–water partition coefficient (Wildman–Crippen LogP) is 3.71. The minimum absolute atomic E-state index is 0.0377. The molecule has 1 rings (SSSR count). The summed E-state index contributed by atoms with van der Waals surface area (Å²) in [5.41, 5.74) is -0.442. The Hall–Kier alpha value is -3.54. The first-order chi connectivity index (χ1) is 19.2. The highest BCUT2D eigenvalue weighted by atomic mass is 16.6. The maximum absolute atomic E-state index is 12.7. The second-order valence-corrected chi connectivity index (χ2v) is 11.5. The first-order valence-corrected chi connectivity index (χ1v) is 14.0. The van der Waals surface area contributed by atoms with Crippen LogP contribution in [0.1, 0.15) is 72.8 Å². The SMILES string of the molecule is CC(C)(C)OC(=O)NCCCN(CCCCNC(=O)[C@H](CCO)NC(=O)OCc1ccccc1)C(=O)OC(C)(C)C. The Balaban J connectivity index is 2.48. The number of amides is 4. The van der Waals surface area contributed by atoms with Crippen molar-refractivity contribution in [3.63, 3.8) is 0 Å². The van der Waals surface area contributed by atoms with E-state index in [2.05, 4.69) is 16.0 Å². The molecule has 1 aromatic carbocycles. The van der Waals surface area contributed by atoms with Crippen LogP contribution in [0.5, 0.6) is 0 Å². The smallest absolute Gasteiger partial charge is 0.410 e. The molecular weight excluding hydrogens is 532 g/mol. The number of aliphatic hydroxyl groups excluding tert-OH is 1.